The first-order chi connectivity index (χ1) is 13.5. The lowest BCUT2D eigenvalue weighted by Crippen LogP contribution is -2.40. The molecular weight excluding hydrogens is 383 g/mol. The van der Waals surface area contributed by atoms with Crippen molar-refractivity contribution in [1.29, 1.82) is 0 Å². The van der Waals surface area contributed by atoms with Crippen molar-refractivity contribution in [2.24, 2.45) is 0 Å². The molecule has 1 N–H and O–H groups in total. The Hall–Kier alpha value is -2.87. The van der Waals surface area contributed by atoms with Crippen LogP contribution in [0.4, 0.5) is 18.9 Å². The van der Waals surface area contributed by atoms with E-state index in [4.69, 9.17) is 0 Å². The molecule has 156 valence electrons. The number of hydrogen-bond donors (Lipinski definition) is 1. The van der Waals surface area contributed by atoms with Crippen molar-refractivity contribution in [2.45, 2.75) is 19.6 Å². The highest BCUT2D eigenvalue weighted by Crippen LogP contribution is 2.29. The number of anilines is 1. The number of carbonyl (C=O) groups excluding carboxylic acids is 2. The third-order valence-corrected chi connectivity index (χ3v) is 4.28. The zero-order chi connectivity index (χ0) is 21.6. The Balaban J connectivity index is 1.81. The normalized spacial score (nSPS) is 11.4. The quantitative estimate of drug-likeness (QED) is 0.764. The van der Waals surface area contributed by atoms with E-state index in [0.29, 0.717) is 17.8 Å². The fraction of sp³-hybridized carbons (Fsp3) is 0.333. The zero-order valence-electron chi connectivity index (χ0n) is 16.6. The largest absolute Gasteiger partial charge is 0.416 e. The van der Waals surface area contributed by atoms with Crippen molar-refractivity contribution in [1.82, 2.24) is 9.80 Å². The first-order valence-electron chi connectivity index (χ1n) is 9.00. The van der Waals surface area contributed by atoms with Gasteiger partial charge in [0.1, 0.15) is 0 Å². The Morgan fingerprint density at radius 1 is 0.931 bits per heavy atom. The number of amides is 2. The molecule has 0 bridgehead atoms. The summed E-state index contributed by atoms with van der Waals surface area (Å²) in [5.41, 5.74) is 1.68. The third-order valence-electron chi connectivity index (χ3n) is 4.28. The highest BCUT2D eigenvalue weighted by molar-refractivity contribution is 5.94. The van der Waals surface area contributed by atoms with E-state index >= 15 is 0 Å². The molecule has 0 saturated carbocycles. The van der Waals surface area contributed by atoms with E-state index in [1.165, 1.54) is 24.1 Å². The van der Waals surface area contributed by atoms with Crippen molar-refractivity contribution < 1.29 is 22.8 Å². The molecule has 2 amide bonds. The van der Waals surface area contributed by atoms with Crippen LogP contribution < -0.4 is 5.32 Å². The summed E-state index contributed by atoms with van der Waals surface area (Å²) in [4.78, 5) is 27.4. The van der Waals surface area contributed by atoms with E-state index in [-0.39, 0.29) is 24.9 Å². The molecule has 29 heavy (non-hydrogen) atoms. The van der Waals surface area contributed by atoms with Gasteiger partial charge in [-0.05, 0) is 43.8 Å². The second kappa shape index (κ2) is 9.56. The van der Waals surface area contributed by atoms with Crippen LogP contribution in [0.25, 0.3) is 0 Å². The van der Waals surface area contributed by atoms with Crippen LogP contribution in [-0.4, -0.2) is 48.8 Å². The van der Waals surface area contributed by atoms with Crippen LogP contribution in [-0.2, 0) is 22.3 Å². The lowest BCUT2D eigenvalue weighted by molar-refractivity contribution is -0.137. The molecule has 0 heterocycles. The van der Waals surface area contributed by atoms with E-state index in [1.807, 2.05) is 19.1 Å². The molecule has 0 aliphatic carbocycles. The van der Waals surface area contributed by atoms with Crippen molar-refractivity contribution in [3.63, 3.8) is 0 Å². The number of nitrogens with one attached hydrogen (secondary N) is 1. The van der Waals surface area contributed by atoms with E-state index in [0.717, 1.165) is 17.7 Å². The van der Waals surface area contributed by atoms with Gasteiger partial charge in [0.25, 0.3) is 0 Å². The van der Waals surface area contributed by atoms with Crippen molar-refractivity contribution in [3.8, 4) is 0 Å². The number of nitrogens with zero attached hydrogens (tertiary/aromatic N) is 2. The average molecular weight is 407 g/mol. The summed E-state index contributed by atoms with van der Waals surface area (Å²) in [5, 5.41) is 2.73. The second-order valence-corrected chi connectivity index (χ2v) is 7.03. The number of benzene rings is 2. The maximum atomic E-state index is 12.6. The first kappa shape index (κ1) is 22.4. The Bertz CT molecular complexity index is 834. The number of likely N-dealkylation sites (N-methyl/N-ethyl adjacent to an activating group) is 2. The van der Waals surface area contributed by atoms with Crippen molar-refractivity contribution in [2.75, 3.05) is 32.5 Å². The number of hydrogen-bond acceptors (Lipinski definition) is 3. The first-order valence-corrected chi connectivity index (χ1v) is 9.00. The maximum absolute atomic E-state index is 12.6. The monoisotopic (exact) mass is 407 g/mol. The predicted molar refractivity (Wildman–Crippen MR) is 105 cm³/mol. The fourth-order valence-corrected chi connectivity index (χ4v) is 2.66. The Morgan fingerprint density at radius 2 is 1.52 bits per heavy atom. The molecule has 0 fully saturated rings. The standard InChI is InChI=1S/C21H24F3N3O2/c1-15-4-10-18(11-5-15)25-19(28)13-27(3)20(29)14-26(2)12-16-6-8-17(9-7-16)21(22,23)24/h4-11H,12-14H2,1-3H3,(H,25,28). The highest BCUT2D eigenvalue weighted by atomic mass is 19.4. The summed E-state index contributed by atoms with van der Waals surface area (Å²) in [6.45, 7) is 2.20. The van der Waals surface area contributed by atoms with Gasteiger partial charge in [0.15, 0.2) is 0 Å². The molecule has 2 aromatic rings. The zero-order valence-corrected chi connectivity index (χ0v) is 16.6. The van der Waals surface area contributed by atoms with Gasteiger partial charge in [-0.3, -0.25) is 14.5 Å². The summed E-state index contributed by atoms with van der Waals surface area (Å²) in [7, 11) is 3.22. The topological polar surface area (TPSA) is 52.7 Å². The smallest absolute Gasteiger partial charge is 0.335 e. The minimum absolute atomic E-state index is 0.0370. The van der Waals surface area contributed by atoms with Gasteiger partial charge in [0, 0.05) is 19.3 Å². The fourth-order valence-electron chi connectivity index (χ4n) is 2.66. The molecule has 0 aromatic heterocycles. The summed E-state index contributed by atoms with van der Waals surface area (Å²) >= 11 is 0. The van der Waals surface area contributed by atoms with Gasteiger partial charge in [0.2, 0.25) is 11.8 Å². The summed E-state index contributed by atoms with van der Waals surface area (Å²) < 4.78 is 37.8. The molecule has 0 aliphatic heterocycles. The summed E-state index contributed by atoms with van der Waals surface area (Å²) in [6.07, 6.45) is -4.37. The predicted octanol–water partition coefficient (Wildman–Crippen LogP) is 3.54. The lowest BCUT2D eigenvalue weighted by atomic mass is 10.1. The minimum atomic E-state index is -4.37. The van der Waals surface area contributed by atoms with Gasteiger partial charge in [-0.15, -0.1) is 0 Å². The van der Waals surface area contributed by atoms with Crippen molar-refractivity contribution >= 4 is 17.5 Å². The van der Waals surface area contributed by atoms with E-state index in [9.17, 15) is 22.8 Å². The van der Waals surface area contributed by atoms with Crippen LogP contribution in [0.15, 0.2) is 48.5 Å². The molecule has 2 aromatic carbocycles. The van der Waals surface area contributed by atoms with E-state index in [2.05, 4.69) is 5.32 Å². The third kappa shape index (κ3) is 7.23. The molecular formula is C21H24F3N3O2. The van der Waals surface area contributed by atoms with Gasteiger partial charge in [-0.25, -0.2) is 0 Å². The average Bonchev–Trinajstić information content (AvgIpc) is 2.63. The lowest BCUT2D eigenvalue weighted by Gasteiger charge is -2.22. The molecule has 0 atom stereocenters. The van der Waals surface area contributed by atoms with Gasteiger partial charge < -0.3 is 10.2 Å². The Kier molecular flexibility index (Phi) is 7.39. The second-order valence-electron chi connectivity index (χ2n) is 7.03. The SMILES string of the molecule is Cc1ccc(NC(=O)CN(C)C(=O)CN(C)Cc2ccc(C(F)(F)F)cc2)cc1. The molecule has 0 radical (unpaired) electrons. The summed E-state index contributed by atoms with van der Waals surface area (Å²) in [6, 6.07) is 12.1. The summed E-state index contributed by atoms with van der Waals surface area (Å²) in [5.74, 6) is -0.575. The minimum Gasteiger partial charge on any atom is -0.335 e. The Morgan fingerprint density at radius 3 is 2.07 bits per heavy atom. The number of alkyl halides is 3. The number of aryl methyl sites for hydroxylation is 1. The molecule has 0 aliphatic rings. The van der Waals surface area contributed by atoms with Gasteiger partial charge in [-0.1, -0.05) is 29.8 Å². The van der Waals surface area contributed by atoms with Crippen LogP contribution in [0.3, 0.4) is 0 Å². The van der Waals surface area contributed by atoms with Crippen LogP contribution in [0.2, 0.25) is 0 Å². The van der Waals surface area contributed by atoms with Gasteiger partial charge >= 0.3 is 6.18 Å². The van der Waals surface area contributed by atoms with Crippen molar-refractivity contribution in [3.05, 3.63) is 65.2 Å². The molecule has 0 saturated heterocycles. The van der Waals surface area contributed by atoms with Crippen LogP contribution in [0.1, 0.15) is 16.7 Å². The van der Waals surface area contributed by atoms with Gasteiger partial charge in [-0.2, -0.15) is 13.2 Å². The molecule has 0 spiro atoms. The Labute approximate surface area is 168 Å². The van der Waals surface area contributed by atoms with Crippen LogP contribution in [0, 0.1) is 6.92 Å². The number of halogens is 3. The van der Waals surface area contributed by atoms with E-state index < -0.39 is 11.7 Å². The molecule has 8 heteroatoms. The van der Waals surface area contributed by atoms with Crippen LogP contribution in [0.5, 0.6) is 0 Å². The number of rotatable bonds is 7. The molecule has 2 rings (SSSR count). The molecule has 5 nitrogen and oxygen atoms in total. The number of carbonyl (C=O) groups is 2. The van der Waals surface area contributed by atoms with Gasteiger partial charge in [0.05, 0.1) is 18.7 Å². The van der Waals surface area contributed by atoms with Crippen LogP contribution >= 0.6 is 0 Å². The highest BCUT2D eigenvalue weighted by Gasteiger charge is 2.29. The van der Waals surface area contributed by atoms with E-state index in [1.54, 1.807) is 24.1 Å². The maximum Gasteiger partial charge on any atom is 0.416 e. The molecule has 0 unspecified atom stereocenters.